The summed E-state index contributed by atoms with van der Waals surface area (Å²) >= 11 is 0. The summed E-state index contributed by atoms with van der Waals surface area (Å²) in [6.07, 6.45) is 2.86. The Kier molecular flexibility index (Phi) is 5.31. The molecule has 1 saturated heterocycles. The molecule has 0 saturated carbocycles. The molecule has 2 aromatic heterocycles. The summed E-state index contributed by atoms with van der Waals surface area (Å²) in [7, 11) is 0. The molecule has 1 unspecified atom stereocenters. The van der Waals surface area contributed by atoms with E-state index in [9.17, 15) is 14.0 Å². The second-order valence-electron chi connectivity index (χ2n) is 8.34. The Balaban J connectivity index is 1.70. The van der Waals surface area contributed by atoms with E-state index in [0.717, 1.165) is 11.8 Å². The van der Waals surface area contributed by atoms with E-state index in [0.29, 0.717) is 5.82 Å². The third kappa shape index (κ3) is 4.53. The summed E-state index contributed by atoms with van der Waals surface area (Å²) in [5.41, 5.74) is -0.590. The van der Waals surface area contributed by atoms with Crippen molar-refractivity contribution in [2.75, 3.05) is 13.1 Å². The van der Waals surface area contributed by atoms with E-state index in [-0.39, 0.29) is 30.6 Å². The summed E-state index contributed by atoms with van der Waals surface area (Å²) in [6.45, 7) is 7.77. The number of halogens is 1. The summed E-state index contributed by atoms with van der Waals surface area (Å²) in [4.78, 5) is 29.6. The number of hydrogen-bond donors (Lipinski definition) is 3. The molecule has 3 rings (SSSR count). The van der Waals surface area contributed by atoms with Crippen molar-refractivity contribution in [1.29, 1.82) is 0 Å². The van der Waals surface area contributed by atoms with Gasteiger partial charge in [-0.05, 0) is 39.3 Å². The molecule has 0 aromatic carbocycles. The van der Waals surface area contributed by atoms with E-state index in [2.05, 4.69) is 20.7 Å². The predicted molar refractivity (Wildman–Crippen MR) is 103 cm³/mol. The van der Waals surface area contributed by atoms with E-state index in [1.165, 1.54) is 15.8 Å². The number of nitrogens with one attached hydrogen (secondary N) is 2. The van der Waals surface area contributed by atoms with Crippen molar-refractivity contribution in [3.05, 3.63) is 42.1 Å². The van der Waals surface area contributed by atoms with Crippen LogP contribution in [0, 0.1) is 5.82 Å². The molecule has 1 atom stereocenters. The molecule has 2 aromatic rings. The van der Waals surface area contributed by atoms with Crippen LogP contribution >= 0.6 is 0 Å². The Morgan fingerprint density at radius 3 is 2.45 bits per heavy atom. The average molecular weight is 404 g/mol. The van der Waals surface area contributed by atoms with Crippen molar-refractivity contribution in [3.8, 4) is 5.82 Å². The minimum absolute atomic E-state index is 0.0835. The maximum absolute atomic E-state index is 13.1. The van der Waals surface area contributed by atoms with Crippen LogP contribution in [0.25, 0.3) is 5.82 Å². The molecule has 10 heteroatoms. The van der Waals surface area contributed by atoms with Crippen LogP contribution in [0.1, 0.15) is 39.3 Å². The van der Waals surface area contributed by atoms with E-state index < -0.39 is 17.4 Å². The quantitative estimate of drug-likeness (QED) is 0.699. The minimum atomic E-state index is -1.05. The number of likely N-dealkylation sites (tertiary alicyclic amines) is 1. The lowest BCUT2D eigenvalue weighted by Crippen LogP contribution is -2.78. The highest BCUT2D eigenvalue weighted by atomic mass is 19.1. The van der Waals surface area contributed by atoms with Gasteiger partial charge in [-0.1, -0.05) is 6.07 Å². The fourth-order valence-electron chi connectivity index (χ4n) is 3.37. The Labute approximate surface area is 167 Å². The lowest BCUT2D eigenvalue weighted by Gasteiger charge is -2.50. The fourth-order valence-corrected chi connectivity index (χ4v) is 3.37. The summed E-state index contributed by atoms with van der Waals surface area (Å²) in [6, 6.07) is 3.11. The Morgan fingerprint density at radius 2 is 1.97 bits per heavy atom. The zero-order chi connectivity index (χ0) is 21.4. The number of nitrogens with zero attached hydrogens (tertiary/aromatic N) is 4. The first-order chi connectivity index (χ1) is 13.5. The van der Waals surface area contributed by atoms with Crippen molar-refractivity contribution < 1.29 is 19.1 Å². The van der Waals surface area contributed by atoms with E-state index in [1.54, 1.807) is 18.3 Å². The maximum atomic E-state index is 13.1. The molecule has 1 aliphatic rings. The number of amides is 2. The van der Waals surface area contributed by atoms with Crippen molar-refractivity contribution >= 4 is 12.0 Å². The van der Waals surface area contributed by atoms with E-state index in [1.807, 2.05) is 27.7 Å². The number of aromatic nitrogens is 3. The van der Waals surface area contributed by atoms with Crippen LogP contribution in [-0.2, 0) is 4.79 Å². The van der Waals surface area contributed by atoms with Crippen LogP contribution < -0.4 is 10.6 Å². The number of carboxylic acid groups (broad SMARTS) is 1. The normalized spacial score (nSPS) is 16.8. The van der Waals surface area contributed by atoms with E-state index in [4.69, 9.17) is 5.11 Å². The zero-order valence-corrected chi connectivity index (χ0v) is 16.8. The molecule has 156 valence electrons. The van der Waals surface area contributed by atoms with Crippen LogP contribution in [0.4, 0.5) is 9.18 Å². The Hall–Kier alpha value is -3.01. The van der Waals surface area contributed by atoms with Gasteiger partial charge in [0.25, 0.3) is 0 Å². The van der Waals surface area contributed by atoms with Crippen molar-refractivity contribution in [2.24, 2.45) is 0 Å². The first kappa shape index (κ1) is 20.7. The van der Waals surface area contributed by atoms with Gasteiger partial charge in [-0.25, -0.2) is 18.9 Å². The molecule has 1 aliphatic heterocycles. The Bertz CT molecular complexity index is 899. The highest BCUT2D eigenvalue weighted by Gasteiger charge is 2.53. The fraction of sp³-hybridized carbons (Fsp3) is 0.474. The van der Waals surface area contributed by atoms with Gasteiger partial charge in [0.1, 0.15) is 5.54 Å². The molecule has 0 bridgehead atoms. The van der Waals surface area contributed by atoms with E-state index >= 15 is 0 Å². The third-order valence-corrected chi connectivity index (χ3v) is 4.65. The highest BCUT2D eigenvalue weighted by molar-refractivity contribution is 5.90. The monoisotopic (exact) mass is 404 g/mol. The molecule has 2 amide bonds. The number of pyridine rings is 1. The molecule has 3 N–H and O–H groups in total. The highest BCUT2D eigenvalue weighted by Crippen LogP contribution is 2.26. The van der Waals surface area contributed by atoms with Crippen LogP contribution in [0.2, 0.25) is 0 Å². The summed E-state index contributed by atoms with van der Waals surface area (Å²) < 4.78 is 14.4. The van der Waals surface area contributed by atoms with Gasteiger partial charge in [-0.15, -0.1) is 0 Å². The molecule has 1 fully saturated rings. The predicted octanol–water partition coefficient (Wildman–Crippen LogP) is 1.70. The molecule has 0 spiro atoms. The maximum Gasteiger partial charge on any atom is 0.407 e. The number of rotatable bonds is 5. The first-order valence-electron chi connectivity index (χ1n) is 9.24. The minimum Gasteiger partial charge on any atom is -0.465 e. The lowest BCUT2D eigenvalue weighted by atomic mass is 9.85. The van der Waals surface area contributed by atoms with Gasteiger partial charge in [0.15, 0.2) is 11.6 Å². The summed E-state index contributed by atoms with van der Waals surface area (Å²) in [5, 5.41) is 19.2. The molecule has 0 aliphatic carbocycles. The van der Waals surface area contributed by atoms with Gasteiger partial charge in [0.2, 0.25) is 5.91 Å². The molecule has 0 radical (unpaired) electrons. The molecule has 9 nitrogen and oxygen atoms in total. The number of carbonyl (C=O) groups excluding carboxylic acids is 1. The summed E-state index contributed by atoms with van der Waals surface area (Å²) in [5.74, 6) is -0.266. The zero-order valence-electron chi connectivity index (χ0n) is 16.8. The first-order valence-corrected chi connectivity index (χ1v) is 9.24. The largest absolute Gasteiger partial charge is 0.465 e. The molecule has 29 heavy (non-hydrogen) atoms. The van der Waals surface area contributed by atoms with Crippen LogP contribution in [0.3, 0.4) is 0 Å². The van der Waals surface area contributed by atoms with Crippen molar-refractivity contribution in [3.63, 3.8) is 0 Å². The SMILES string of the molecule is CC(NC(=O)C1(NC(C)(C)C)CN(C(=O)O)C1)c1ccc(-n2cc(F)cn2)nc1. The topological polar surface area (TPSA) is 112 Å². The van der Waals surface area contributed by atoms with Gasteiger partial charge >= 0.3 is 6.09 Å². The van der Waals surface area contributed by atoms with Crippen molar-refractivity contribution in [2.45, 2.75) is 44.8 Å². The molecular formula is C19H25FN6O3. The van der Waals surface area contributed by atoms with Gasteiger partial charge in [0.05, 0.1) is 31.5 Å². The number of carbonyl (C=O) groups is 2. The standard InChI is InChI=1S/C19H25FN6O3/c1-12(13-5-6-15(21-7-13)26-9-14(20)8-22-26)23-16(27)19(24-18(2,3)4)10-25(11-19)17(28)29/h5-9,12,24H,10-11H2,1-4H3,(H,23,27)(H,28,29). The smallest absolute Gasteiger partial charge is 0.407 e. The van der Waals surface area contributed by atoms with Gasteiger partial charge < -0.3 is 15.3 Å². The average Bonchev–Trinajstić information content (AvgIpc) is 3.03. The Morgan fingerprint density at radius 1 is 1.28 bits per heavy atom. The van der Waals surface area contributed by atoms with Gasteiger partial charge in [-0.3, -0.25) is 10.1 Å². The third-order valence-electron chi connectivity index (χ3n) is 4.65. The van der Waals surface area contributed by atoms with Gasteiger partial charge in [0, 0.05) is 11.7 Å². The lowest BCUT2D eigenvalue weighted by molar-refractivity contribution is -0.135. The second-order valence-corrected chi connectivity index (χ2v) is 8.34. The second kappa shape index (κ2) is 7.43. The molecular weight excluding hydrogens is 379 g/mol. The van der Waals surface area contributed by atoms with Crippen molar-refractivity contribution in [1.82, 2.24) is 30.3 Å². The van der Waals surface area contributed by atoms with Crippen LogP contribution in [0.5, 0.6) is 0 Å². The molecule has 3 heterocycles. The van der Waals surface area contributed by atoms with Crippen LogP contribution in [0.15, 0.2) is 30.7 Å². The number of hydrogen-bond acceptors (Lipinski definition) is 5. The van der Waals surface area contributed by atoms with Crippen LogP contribution in [-0.4, -0.2) is 60.9 Å². The van der Waals surface area contributed by atoms with Gasteiger partial charge in [-0.2, -0.15) is 5.10 Å².